The minimum atomic E-state index is -0.322. The van der Waals surface area contributed by atoms with E-state index in [1.54, 1.807) is 42.6 Å². The Kier molecular flexibility index (Phi) is 4.79. The summed E-state index contributed by atoms with van der Waals surface area (Å²) in [5, 5.41) is 12.0. The van der Waals surface area contributed by atoms with Gasteiger partial charge in [0.15, 0.2) is 5.82 Å². The molecule has 8 heteroatoms. The van der Waals surface area contributed by atoms with Crippen LogP contribution in [-0.2, 0) is 11.3 Å². The summed E-state index contributed by atoms with van der Waals surface area (Å²) in [7, 11) is 0. The Balaban J connectivity index is 1.64. The normalized spacial score (nSPS) is 10.3. The summed E-state index contributed by atoms with van der Waals surface area (Å²) in [6.07, 6.45) is 1.65. The van der Waals surface area contributed by atoms with Gasteiger partial charge in [0.1, 0.15) is 5.69 Å². The molecule has 0 radical (unpaired) electrons. The third-order valence-electron chi connectivity index (χ3n) is 3.38. The maximum atomic E-state index is 12.2. The molecule has 0 fully saturated rings. The van der Waals surface area contributed by atoms with Crippen LogP contribution < -0.4 is 10.6 Å². The lowest BCUT2D eigenvalue weighted by Crippen LogP contribution is -2.19. The highest BCUT2D eigenvalue weighted by Crippen LogP contribution is 2.13. The second kappa shape index (κ2) is 7.35. The van der Waals surface area contributed by atoms with Crippen molar-refractivity contribution < 1.29 is 9.59 Å². The van der Waals surface area contributed by atoms with E-state index in [1.807, 2.05) is 6.07 Å². The van der Waals surface area contributed by atoms with Gasteiger partial charge in [0.05, 0.1) is 0 Å². The Labute approximate surface area is 143 Å². The summed E-state index contributed by atoms with van der Waals surface area (Å²) in [4.78, 5) is 31.5. The molecule has 0 spiro atoms. The third kappa shape index (κ3) is 4.25. The lowest BCUT2D eigenvalue weighted by Gasteiger charge is -2.04. The number of aromatic amines is 1. The van der Waals surface area contributed by atoms with Gasteiger partial charge in [0.25, 0.3) is 5.91 Å². The number of hydrogen-bond donors (Lipinski definition) is 3. The van der Waals surface area contributed by atoms with Crippen molar-refractivity contribution in [1.82, 2.24) is 25.5 Å². The van der Waals surface area contributed by atoms with Crippen molar-refractivity contribution in [2.75, 3.05) is 5.32 Å². The Bertz CT molecular complexity index is 874. The molecule has 0 saturated heterocycles. The minimum Gasteiger partial charge on any atom is -0.352 e. The number of benzene rings is 1. The molecular formula is C17H16N6O2. The zero-order valence-corrected chi connectivity index (χ0v) is 13.5. The summed E-state index contributed by atoms with van der Waals surface area (Å²) < 4.78 is 0. The molecule has 0 aliphatic rings. The maximum absolute atomic E-state index is 12.2. The van der Waals surface area contributed by atoms with Gasteiger partial charge in [-0.05, 0) is 29.8 Å². The van der Waals surface area contributed by atoms with E-state index in [2.05, 4.69) is 30.8 Å². The van der Waals surface area contributed by atoms with Gasteiger partial charge < -0.3 is 5.32 Å². The number of amides is 2. The van der Waals surface area contributed by atoms with E-state index >= 15 is 0 Å². The molecule has 0 unspecified atom stereocenters. The smallest absolute Gasteiger partial charge is 0.258 e. The SMILES string of the molecule is CC(=O)NCc1ccc(C(=O)Nc2n[nH]c(-c3ccccn3)n2)cc1. The standard InChI is InChI=1S/C17H16N6O2/c1-11(24)19-10-12-5-7-13(8-6-12)16(25)21-17-20-15(22-23-17)14-4-2-3-9-18-14/h2-9H,10H2,1H3,(H,19,24)(H2,20,21,22,23,25). The van der Waals surface area contributed by atoms with Gasteiger partial charge in [-0.2, -0.15) is 4.98 Å². The van der Waals surface area contributed by atoms with Gasteiger partial charge >= 0.3 is 0 Å². The minimum absolute atomic E-state index is 0.102. The van der Waals surface area contributed by atoms with Crippen molar-refractivity contribution in [3.63, 3.8) is 0 Å². The summed E-state index contributed by atoms with van der Waals surface area (Å²) in [5.74, 6) is 0.224. The third-order valence-corrected chi connectivity index (χ3v) is 3.38. The number of nitrogens with one attached hydrogen (secondary N) is 3. The van der Waals surface area contributed by atoms with Crippen LogP contribution in [0.2, 0.25) is 0 Å². The predicted molar refractivity (Wildman–Crippen MR) is 91.5 cm³/mol. The molecule has 0 atom stereocenters. The highest BCUT2D eigenvalue weighted by atomic mass is 16.2. The molecule has 3 N–H and O–H groups in total. The summed E-state index contributed by atoms with van der Waals surface area (Å²) in [5.41, 5.74) is 2.01. The van der Waals surface area contributed by atoms with E-state index in [0.717, 1.165) is 5.56 Å². The van der Waals surface area contributed by atoms with Crippen molar-refractivity contribution in [2.45, 2.75) is 13.5 Å². The van der Waals surface area contributed by atoms with Crippen LogP contribution in [0.15, 0.2) is 48.7 Å². The van der Waals surface area contributed by atoms with E-state index in [4.69, 9.17) is 0 Å². The molecule has 0 saturated carbocycles. The Hall–Kier alpha value is -3.55. The van der Waals surface area contributed by atoms with Gasteiger partial charge in [0, 0.05) is 25.2 Å². The summed E-state index contributed by atoms with van der Waals surface area (Å²) >= 11 is 0. The van der Waals surface area contributed by atoms with Crippen molar-refractivity contribution in [1.29, 1.82) is 0 Å². The quantitative estimate of drug-likeness (QED) is 0.657. The van der Waals surface area contributed by atoms with Crippen LogP contribution in [0.3, 0.4) is 0 Å². The van der Waals surface area contributed by atoms with Crippen LogP contribution in [0.4, 0.5) is 5.95 Å². The maximum Gasteiger partial charge on any atom is 0.258 e. The van der Waals surface area contributed by atoms with Crippen LogP contribution in [0.1, 0.15) is 22.8 Å². The highest BCUT2D eigenvalue weighted by molar-refractivity contribution is 6.03. The predicted octanol–water partition coefficient (Wildman–Crippen LogP) is 1.76. The number of hydrogen-bond acceptors (Lipinski definition) is 5. The van der Waals surface area contributed by atoms with Crippen molar-refractivity contribution in [3.8, 4) is 11.5 Å². The number of carbonyl (C=O) groups is 2. The first-order valence-corrected chi connectivity index (χ1v) is 7.60. The summed E-state index contributed by atoms with van der Waals surface area (Å²) in [6.45, 7) is 1.88. The Morgan fingerprint density at radius 2 is 1.92 bits per heavy atom. The lowest BCUT2D eigenvalue weighted by atomic mass is 10.1. The van der Waals surface area contributed by atoms with Gasteiger partial charge in [-0.3, -0.25) is 25.0 Å². The fraction of sp³-hybridized carbons (Fsp3) is 0.118. The molecule has 8 nitrogen and oxygen atoms in total. The number of nitrogens with zero attached hydrogens (tertiary/aromatic N) is 3. The topological polar surface area (TPSA) is 113 Å². The highest BCUT2D eigenvalue weighted by Gasteiger charge is 2.11. The largest absolute Gasteiger partial charge is 0.352 e. The number of aromatic nitrogens is 4. The summed E-state index contributed by atoms with van der Waals surface area (Å²) in [6, 6.07) is 12.4. The molecule has 1 aromatic carbocycles. The van der Waals surface area contributed by atoms with Gasteiger partial charge in [-0.25, -0.2) is 0 Å². The zero-order valence-electron chi connectivity index (χ0n) is 13.5. The number of carbonyl (C=O) groups excluding carboxylic acids is 2. The van der Waals surface area contributed by atoms with Gasteiger partial charge in [-0.1, -0.05) is 18.2 Å². The molecule has 0 aliphatic heterocycles. The van der Waals surface area contributed by atoms with Gasteiger partial charge in [0.2, 0.25) is 11.9 Å². The zero-order chi connectivity index (χ0) is 17.6. The van der Waals surface area contributed by atoms with E-state index in [9.17, 15) is 9.59 Å². The van der Waals surface area contributed by atoms with Gasteiger partial charge in [-0.15, -0.1) is 5.10 Å². The molecule has 2 amide bonds. The number of pyridine rings is 1. The molecule has 2 heterocycles. The first-order chi connectivity index (χ1) is 12.1. The van der Waals surface area contributed by atoms with Crippen molar-refractivity contribution in [2.24, 2.45) is 0 Å². The second-order valence-electron chi connectivity index (χ2n) is 5.28. The van der Waals surface area contributed by atoms with Crippen LogP contribution in [-0.4, -0.2) is 32.0 Å². The molecule has 3 aromatic rings. The van der Waals surface area contributed by atoms with Crippen LogP contribution >= 0.6 is 0 Å². The average Bonchev–Trinajstić information content (AvgIpc) is 3.09. The lowest BCUT2D eigenvalue weighted by molar-refractivity contribution is -0.119. The molecule has 25 heavy (non-hydrogen) atoms. The van der Waals surface area contributed by atoms with E-state index < -0.39 is 0 Å². The number of rotatable bonds is 5. The van der Waals surface area contributed by atoms with E-state index in [1.165, 1.54) is 6.92 Å². The number of anilines is 1. The fourth-order valence-corrected chi connectivity index (χ4v) is 2.11. The fourth-order valence-electron chi connectivity index (χ4n) is 2.11. The molecule has 2 aromatic heterocycles. The average molecular weight is 336 g/mol. The second-order valence-corrected chi connectivity index (χ2v) is 5.28. The Morgan fingerprint density at radius 3 is 2.60 bits per heavy atom. The molecule has 0 aliphatic carbocycles. The first-order valence-electron chi connectivity index (χ1n) is 7.60. The monoisotopic (exact) mass is 336 g/mol. The Morgan fingerprint density at radius 1 is 1.12 bits per heavy atom. The molecule has 0 bridgehead atoms. The van der Waals surface area contributed by atoms with Crippen LogP contribution in [0, 0.1) is 0 Å². The van der Waals surface area contributed by atoms with Crippen molar-refractivity contribution >= 4 is 17.8 Å². The van der Waals surface area contributed by atoms with E-state index in [0.29, 0.717) is 23.6 Å². The van der Waals surface area contributed by atoms with E-state index in [-0.39, 0.29) is 17.8 Å². The molecule has 126 valence electrons. The molecular weight excluding hydrogens is 320 g/mol. The van der Waals surface area contributed by atoms with Crippen molar-refractivity contribution in [3.05, 3.63) is 59.8 Å². The van der Waals surface area contributed by atoms with Crippen LogP contribution in [0.25, 0.3) is 11.5 Å². The van der Waals surface area contributed by atoms with Crippen LogP contribution in [0.5, 0.6) is 0 Å². The molecule has 3 rings (SSSR count). The first kappa shape index (κ1) is 16.3. The number of H-pyrrole nitrogens is 1.